The first-order valence-electron chi connectivity index (χ1n) is 8.93. The van der Waals surface area contributed by atoms with Gasteiger partial charge in [-0.1, -0.05) is 48.5 Å². The van der Waals surface area contributed by atoms with Crippen LogP contribution >= 0.6 is 12.4 Å². The van der Waals surface area contributed by atoms with Crippen LogP contribution in [0.1, 0.15) is 34.3 Å². The molecule has 0 spiro atoms. The van der Waals surface area contributed by atoms with Gasteiger partial charge in [0, 0.05) is 12.1 Å². The van der Waals surface area contributed by atoms with E-state index in [9.17, 15) is 4.79 Å². The molecule has 134 valence electrons. The third-order valence-electron chi connectivity index (χ3n) is 4.79. The van der Waals surface area contributed by atoms with Crippen molar-refractivity contribution in [3.63, 3.8) is 0 Å². The molecule has 0 aromatic heterocycles. The summed E-state index contributed by atoms with van der Waals surface area (Å²) < 4.78 is 0. The van der Waals surface area contributed by atoms with Crippen LogP contribution in [0.25, 0.3) is 0 Å². The third-order valence-corrected chi connectivity index (χ3v) is 4.79. The van der Waals surface area contributed by atoms with Crippen LogP contribution in [0, 0.1) is 5.92 Å². The van der Waals surface area contributed by atoms with E-state index in [1.54, 1.807) is 0 Å². The summed E-state index contributed by atoms with van der Waals surface area (Å²) in [6, 6.07) is 18.4. The van der Waals surface area contributed by atoms with Gasteiger partial charge >= 0.3 is 0 Å². The van der Waals surface area contributed by atoms with E-state index in [0.29, 0.717) is 5.92 Å². The molecule has 2 aromatic carbocycles. The van der Waals surface area contributed by atoms with Crippen molar-refractivity contribution in [1.29, 1.82) is 0 Å². The third kappa shape index (κ3) is 5.87. The van der Waals surface area contributed by atoms with E-state index >= 15 is 0 Å². The number of rotatable bonds is 7. The standard InChI is InChI=1S/C21H26N2O.ClH/c24-21(23-15-13-18-12-14-22-16-18)20-9-5-4-8-19(20)11-10-17-6-2-1-3-7-17;/h1-9,18,22H,10-16H2,(H,23,24);1H. The molecule has 0 aliphatic carbocycles. The fourth-order valence-corrected chi connectivity index (χ4v) is 3.33. The van der Waals surface area contributed by atoms with Crippen LogP contribution in [-0.4, -0.2) is 25.5 Å². The van der Waals surface area contributed by atoms with E-state index in [0.717, 1.165) is 50.0 Å². The van der Waals surface area contributed by atoms with Crippen molar-refractivity contribution in [2.24, 2.45) is 5.92 Å². The maximum Gasteiger partial charge on any atom is 0.251 e. The lowest BCUT2D eigenvalue weighted by atomic mass is 9.99. The first-order chi connectivity index (χ1) is 11.8. The highest BCUT2D eigenvalue weighted by molar-refractivity contribution is 5.95. The minimum absolute atomic E-state index is 0. The topological polar surface area (TPSA) is 41.1 Å². The molecule has 2 aromatic rings. The molecule has 0 radical (unpaired) electrons. The quantitative estimate of drug-likeness (QED) is 0.793. The monoisotopic (exact) mass is 358 g/mol. The molecule has 3 nitrogen and oxygen atoms in total. The summed E-state index contributed by atoms with van der Waals surface area (Å²) in [5.74, 6) is 0.767. The molecular weight excluding hydrogens is 332 g/mol. The molecular formula is C21H27ClN2O. The van der Waals surface area contributed by atoms with Crippen molar-refractivity contribution in [2.45, 2.75) is 25.7 Å². The predicted octanol–water partition coefficient (Wildman–Crippen LogP) is 3.62. The van der Waals surface area contributed by atoms with Crippen LogP contribution in [0.3, 0.4) is 0 Å². The molecule has 1 saturated heterocycles. The van der Waals surface area contributed by atoms with Crippen molar-refractivity contribution in [3.8, 4) is 0 Å². The summed E-state index contributed by atoms with van der Waals surface area (Å²) >= 11 is 0. The Morgan fingerprint density at radius 1 is 1.04 bits per heavy atom. The van der Waals surface area contributed by atoms with Crippen LogP contribution in [-0.2, 0) is 12.8 Å². The average Bonchev–Trinajstić information content (AvgIpc) is 3.14. The number of hydrogen-bond acceptors (Lipinski definition) is 2. The Morgan fingerprint density at radius 2 is 1.80 bits per heavy atom. The molecule has 0 saturated carbocycles. The highest BCUT2D eigenvalue weighted by Gasteiger charge is 2.15. The zero-order chi connectivity index (χ0) is 16.6. The number of nitrogens with one attached hydrogen (secondary N) is 2. The Balaban J connectivity index is 0.00000225. The van der Waals surface area contributed by atoms with Gasteiger partial charge in [0.2, 0.25) is 0 Å². The van der Waals surface area contributed by atoms with Gasteiger partial charge < -0.3 is 10.6 Å². The van der Waals surface area contributed by atoms with Crippen molar-refractivity contribution in [3.05, 3.63) is 71.3 Å². The van der Waals surface area contributed by atoms with Gasteiger partial charge in [0.25, 0.3) is 5.91 Å². The number of amides is 1. The maximum atomic E-state index is 12.5. The Bertz CT molecular complexity index is 654. The van der Waals surface area contributed by atoms with E-state index in [1.807, 2.05) is 24.3 Å². The molecule has 1 unspecified atom stereocenters. The molecule has 1 atom stereocenters. The van der Waals surface area contributed by atoms with Crippen molar-refractivity contribution >= 4 is 18.3 Å². The van der Waals surface area contributed by atoms with E-state index in [-0.39, 0.29) is 18.3 Å². The first-order valence-corrected chi connectivity index (χ1v) is 8.93. The molecule has 0 bridgehead atoms. The Morgan fingerprint density at radius 3 is 2.56 bits per heavy atom. The number of carbonyl (C=O) groups excluding carboxylic acids is 1. The van der Waals surface area contributed by atoms with Gasteiger partial charge in [-0.05, 0) is 61.9 Å². The average molecular weight is 359 g/mol. The Hall–Kier alpha value is -1.84. The van der Waals surface area contributed by atoms with Gasteiger partial charge in [0.15, 0.2) is 0 Å². The molecule has 1 aliphatic heterocycles. The first kappa shape index (κ1) is 19.5. The van der Waals surface area contributed by atoms with Gasteiger partial charge in [0.1, 0.15) is 0 Å². The molecule has 25 heavy (non-hydrogen) atoms. The van der Waals surface area contributed by atoms with Gasteiger partial charge in [-0.15, -0.1) is 12.4 Å². The lowest BCUT2D eigenvalue weighted by molar-refractivity contribution is 0.0950. The van der Waals surface area contributed by atoms with Crippen LogP contribution in [0.2, 0.25) is 0 Å². The summed E-state index contributed by atoms with van der Waals surface area (Å²) in [7, 11) is 0. The van der Waals surface area contributed by atoms with Gasteiger partial charge in [-0.2, -0.15) is 0 Å². The second-order valence-corrected chi connectivity index (χ2v) is 6.55. The summed E-state index contributed by atoms with van der Waals surface area (Å²) in [4.78, 5) is 12.5. The lowest BCUT2D eigenvalue weighted by Gasteiger charge is -2.12. The largest absolute Gasteiger partial charge is 0.352 e. The molecule has 1 fully saturated rings. The van der Waals surface area contributed by atoms with Crippen LogP contribution in [0.15, 0.2) is 54.6 Å². The number of hydrogen-bond donors (Lipinski definition) is 2. The van der Waals surface area contributed by atoms with Crippen molar-refractivity contribution in [1.82, 2.24) is 10.6 Å². The Kier molecular flexibility index (Phi) is 7.96. The minimum atomic E-state index is 0. The number of carbonyl (C=O) groups is 1. The van der Waals surface area contributed by atoms with Crippen molar-refractivity contribution in [2.75, 3.05) is 19.6 Å². The van der Waals surface area contributed by atoms with Crippen LogP contribution < -0.4 is 10.6 Å². The minimum Gasteiger partial charge on any atom is -0.352 e. The number of halogens is 1. The van der Waals surface area contributed by atoms with Crippen molar-refractivity contribution < 1.29 is 4.79 Å². The van der Waals surface area contributed by atoms with E-state index in [2.05, 4.69) is 41.0 Å². The predicted molar refractivity (Wildman–Crippen MR) is 105 cm³/mol. The summed E-state index contributed by atoms with van der Waals surface area (Å²) in [6.45, 7) is 2.96. The molecule has 1 amide bonds. The molecule has 1 aliphatic rings. The highest BCUT2D eigenvalue weighted by Crippen LogP contribution is 2.14. The molecule has 4 heteroatoms. The van der Waals surface area contributed by atoms with Gasteiger partial charge in [-0.25, -0.2) is 0 Å². The van der Waals surface area contributed by atoms with E-state index in [4.69, 9.17) is 0 Å². The van der Waals surface area contributed by atoms with Gasteiger partial charge in [-0.3, -0.25) is 4.79 Å². The SMILES string of the molecule is Cl.O=C(NCCC1CCNC1)c1ccccc1CCc1ccccc1. The molecule has 3 rings (SSSR count). The summed E-state index contributed by atoms with van der Waals surface area (Å²) in [5, 5.41) is 6.47. The smallest absolute Gasteiger partial charge is 0.251 e. The number of benzene rings is 2. The number of aryl methyl sites for hydroxylation is 2. The summed E-state index contributed by atoms with van der Waals surface area (Å²) in [5.41, 5.74) is 3.25. The zero-order valence-corrected chi connectivity index (χ0v) is 15.4. The highest BCUT2D eigenvalue weighted by atomic mass is 35.5. The van der Waals surface area contributed by atoms with E-state index < -0.39 is 0 Å². The fraction of sp³-hybridized carbons (Fsp3) is 0.381. The fourth-order valence-electron chi connectivity index (χ4n) is 3.33. The normalized spacial score (nSPS) is 16.2. The zero-order valence-electron chi connectivity index (χ0n) is 14.5. The maximum absolute atomic E-state index is 12.5. The Labute approximate surface area is 156 Å². The van der Waals surface area contributed by atoms with Crippen LogP contribution in [0.4, 0.5) is 0 Å². The van der Waals surface area contributed by atoms with E-state index in [1.165, 1.54) is 12.0 Å². The second kappa shape index (κ2) is 10.2. The van der Waals surface area contributed by atoms with Gasteiger partial charge in [0.05, 0.1) is 0 Å². The molecule has 2 N–H and O–H groups in total. The van der Waals surface area contributed by atoms with Crippen LogP contribution in [0.5, 0.6) is 0 Å². The molecule has 1 heterocycles. The second-order valence-electron chi connectivity index (χ2n) is 6.55. The lowest BCUT2D eigenvalue weighted by Crippen LogP contribution is -2.27. The summed E-state index contributed by atoms with van der Waals surface area (Å²) in [6.07, 6.45) is 4.13.